The summed E-state index contributed by atoms with van der Waals surface area (Å²) >= 11 is 12.3. The lowest BCUT2D eigenvalue weighted by Crippen LogP contribution is -2.08. The molecule has 122 valence electrons. The molecule has 0 saturated carbocycles. The van der Waals surface area contributed by atoms with Gasteiger partial charge < -0.3 is 4.74 Å². The highest BCUT2D eigenvalue weighted by Gasteiger charge is 2.22. The van der Waals surface area contributed by atoms with Crippen LogP contribution in [-0.4, -0.2) is 22.2 Å². The first-order chi connectivity index (χ1) is 11.0. The minimum atomic E-state index is -0.549. The predicted octanol–water partition coefficient (Wildman–Crippen LogP) is 4.16. The normalized spacial score (nSPS) is 13.7. The monoisotopic (exact) mass is 356 g/mol. The number of nitrogens with zero attached hydrogens (tertiary/aromatic N) is 2. The third-order valence-electron chi connectivity index (χ3n) is 3.75. The van der Waals surface area contributed by atoms with Crippen LogP contribution in [0.3, 0.4) is 0 Å². The van der Waals surface area contributed by atoms with E-state index in [9.17, 15) is 9.18 Å². The van der Waals surface area contributed by atoms with Crippen LogP contribution in [0.1, 0.15) is 31.0 Å². The SMILES string of the molecule is CC(=O)COc1cc(-n2nc3c(c2Cl)CCCC3)c(F)cc1Cl. The molecule has 2 aromatic rings. The Hall–Kier alpha value is -1.59. The highest BCUT2D eigenvalue weighted by atomic mass is 35.5. The van der Waals surface area contributed by atoms with E-state index in [-0.39, 0.29) is 28.8 Å². The Bertz CT molecular complexity index is 774. The molecule has 1 heterocycles. The number of aromatic nitrogens is 2. The Morgan fingerprint density at radius 2 is 2.09 bits per heavy atom. The lowest BCUT2D eigenvalue weighted by atomic mass is 9.99. The van der Waals surface area contributed by atoms with Gasteiger partial charge in [-0.25, -0.2) is 9.07 Å². The van der Waals surface area contributed by atoms with Crippen molar-refractivity contribution in [3.63, 3.8) is 0 Å². The van der Waals surface area contributed by atoms with Gasteiger partial charge in [-0.1, -0.05) is 23.2 Å². The van der Waals surface area contributed by atoms with Crippen LogP contribution in [0.2, 0.25) is 10.2 Å². The summed E-state index contributed by atoms with van der Waals surface area (Å²) in [6, 6.07) is 2.56. The highest BCUT2D eigenvalue weighted by molar-refractivity contribution is 6.32. The van der Waals surface area contributed by atoms with Crippen molar-refractivity contribution in [2.45, 2.75) is 32.6 Å². The molecule has 0 bridgehead atoms. The number of hydrogen-bond acceptors (Lipinski definition) is 3. The average Bonchev–Trinajstić information content (AvgIpc) is 2.84. The van der Waals surface area contributed by atoms with E-state index in [1.165, 1.54) is 17.7 Å². The van der Waals surface area contributed by atoms with Crippen LogP contribution >= 0.6 is 23.2 Å². The summed E-state index contributed by atoms with van der Waals surface area (Å²) in [6.45, 7) is 1.27. The molecule has 1 aromatic carbocycles. The third-order valence-corrected chi connectivity index (χ3v) is 4.44. The summed E-state index contributed by atoms with van der Waals surface area (Å²) in [6.07, 6.45) is 3.78. The van der Waals surface area contributed by atoms with E-state index in [0.717, 1.165) is 43.0 Å². The Morgan fingerprint density at radius 3 is 2.78 bits per heavy atom. The van der Waals surface area contributed by atoms with E-state index in [0.29, 0.717) is 5.15 Å². The fourth-order valence-electron chi connectivity index (χ4n) is 2.64. The number of ether oxygens (including phenoxy) is 1. The second-order valence-electron chi connectivity index (χ2n) is 5.56. The molecule has 0 atom stereocenters. The molecule has 7 heteroatoms. The molecule has 0 fully saturated rings. The smallest absolute Gasteiger partial charge is 0.167 e. The van der Waals surface area contributed by atoms with Gasteiger partial charge in [0, 0.05) is 11.6 Å². The molecule has 1 aromatic heterocycles. The van der Waals surface area contributed by atoms with E-state index in [4.69, 9.17) is 27.9 Å². The van der Waals surface area contributed by atoms with Gasteiger partial charge in [-0.2, -0.15) is 5.10 Å². The first-order valence-corrected chi connectivity index (χ1v) is 8.11. The maximum atomic E-state index is 14.3. The molecule has 0 amide bonds. The second-order valence-corrected chi connectivity index (χ2v) is 6.32. The van der Waals surface area contributed by atoms with E-state index in [2.05, 4.69) is 5.10 Å². The zero-order valence-corrected chi connectivity index (χ0v) is 14.0. The van der Waals surface area contributed by atoms with Gasteiger partial charge >= 0.3 is 0 Å². The standard InChI is InChI=1S/C16H15Cl2FN2O2/c1-9(22)8-23-15-7-14(12(19)6-11(15)17)21-16(18)10-4-2-3-5-13(10)20-21/h6-7H,2-5,8H2,1H3. The molecule has 0 radical (unpaired) electrons. The number of Topliss-reactive ketones (excluding diaryl/α,β-unsaturated/α-hetero) is 1. The fraction of sp³-hybridized carbons (Fsp3) is 0.375. The quantitative estimate of drug-likeness (QED) is 0.825. The van der Waals surface area contributed by atoms with Crippen molar-refractivity contribution in [1.29, 1.82) is 0 Å². The van der Waals surface area contributed by atoms with Gasteiger partial charge in [0.1, 0.15) is 23.2 Å². The Labute approximate surface area is 143 Å². The number of benzene rings is 1. The van der Waals surface area contributed by atoms with Crippen LogP contribution in [0.5, 0.6) is 5.75 Å². The zero-order chi connectivity index (χ0) is 16.6. The average molecular weight is 357 g/mol. The van der Waals surface area contributed by atoms with Gasteiger partial charge in [-0.15, -0.1) is 0 Å². The van der Waals surface area contributed by atoms with Crippen molar-refractivity contribution in [2.75, 3.05) is 6.61 Å². The van der Waals surface area contributed by atoms with Crippen molar-refractivity contribution in [3.8, 4) is 11.4 Å². The number of hydrogen-bond donors (Lipinski definition) is 0. The minimum Gasteiger partial charge on any atom is -0.484 e. The summed E-state index contributed by atoms with van der Waals surface area (Å²) in [5, 5.41) is 4.94. The van der Waals surface area contributed by atoms with Crippen molar-refractivity contribution < 1.29 is 13.9 Å². The van der Waals surface area contributed by atoms with Crippen molar-refractivity contribution >= 4 is 29.0 Å². The molecule has 1 aliphatic carbocycles. The van der Waals surface area contributed by atoms with Crippen LogP contribution in [0, 0.1) is 5.82 Å². The van der Waals surface area contributed by atoms with Gasteiger partial charge in [0.2, 0.25) is 0 Å². The van der Waals surface area contributed by atoms with E-state index in [1.807, 2.05) is 0 Å². The molecule has 0 saturated heterocycles. The third kappa shape index (κ3) is 3.21. The van der Waals surface area contributed by atoms with Gasteiger partial charge in [-0.3, -0.25) is 4.79 Å². The highest BCUT2D eigenvalue weighted by Crippen LogP contribution is 2.34. The lowest BCUT2D eigenvalue weighted by Gasteiger charge is -2.11. The van der Waals surface area contributed by atoms with Crippen LogP contribution in [-0.2, 0) is 17.6 Å². The summed E-state index contributed by atoms with van der Waals surface area (Å²) in [5.74, 6) is -0.478. The van der Waals surface area contributed by atoms with Crippen LogP contribution in [0.25, 0.3) is 5.69 Å². The largest absolute Gasteiger partial charge is 0.484 e. The van der Waals surface area contributed by atoms with Crippen LogP contribution in [0.15, 0.2) is 12.1 Å². The molecule has 0 aliphatic heterocycles. The fourth-order valence-corrected chi connectivity index (χ4v) is 3.18. The molecule has 23 heavy (non-hydrogen) atoms. The van der Waals surface area contributed by atoms with Crippen LogP contribution < -0.4 is 4.74 Å². The summed E-state index contributed by atoms with van der Waals surface area (Å²) in [4.78, 5) is 11.1. The molecule has 0 N–H and O–H groups in total. The number of rotatable bonds is 4. The first-order valence-electron chi connectivity index (χ1n) is 7.35. The van der Waals surface area contributed by atoms with E-state index >= 15 is 0 Å². The molecule has 4 nitrogen and oxygen atoms in total. The van der Waals surface area contributed by atoms with Gasteiger partial charge in [0.15, 0.2) is 11.6 Å². The lowest BCUT2D eigenvalue weighted by molar-refractivity contribution is -0.118. The molecule has 3 rings (SSSR count). The molecular formula is C16H15Cl2FN2O2. The van der Waals surface area contributed by atoms with Gasteiger partial charge in [0.25, 0.3) is 0 Å². The number of fused-ring (bicyclic) bond motifs is 1. The van der Waals surface area contributed by atoms with Crippen molar-refractivity contribution in [3.05, 3.63) is 39.4 Å². The Kier molecular flexibility index (Phi) is 4.60. The molecule has 0 unspecified atom stereocenters. The Balaban J connectivity index is 2.04. The van der Waals surface area contributed by atoms with Crippen LogP contribution in [0.4, 0.5) is 4.39 Å². The number of carbonyl (C=O) groups is 1. The minimum absolute atomic E-state index is 0.0977. The maximum Gasteiger partial charge on any atom is 0.167 e. The molecule has 1 aliphatic rings. The molecule has 0 spiro atoms. The number of ketones is 1. The van der Waals surface area contributed by atoms with Gasteiger partial charge in [0.05, 0.1) is 10.7 Å². The topological polar surface area (TPSA) is 44.1 Å². The maximum absolute atomic E-state index is 14.3. The summed E-state index contributed by atoms with van der Waals surface area (Å²) in [7, 11) is 0. The van der Waals surface area contributed by atoms with Crippen molar-refractivity contribution in [1.82, 2.24) is 9.78 Å². The number of halogens is 3. The predicted molar refractivity (Wildman–Crippen MR) is 86.4 cm³/mol. The molecular weight excluding hydrogens is 342 g/mol. The summed E-state index contributed by atoms with van der Waals surface area (Å²) < 4.78 is 21.0. The van der Waals surface area contributed by atoms with Crippen molar-refractivity contribution in [2.24, 2.45) is 0 Å². The Morgan fingerprint density at radius 1 is 1.35 bits per heavy atom. The number of aryl methyl sites for hydroxylation is 1. The second kappa shape index (κ2) is 6.49. The van der Waals surface area contributed by atoms with E-state index < -0.39 is 5.82 Å². The summed E-state index contributed by atoms with van der Waals surface area (Å²) in [5.41, 5.74) is 2.03. The first kappa shape index (κ1) is 16.3. The van der Waals surface area contributed by atoms with E-state index in [1.54, 1.807) is 0 Å². The zero-order valence-electron chi connectivity index (χ0n) is 12.5. The van der Waals surface area contributed by atoms with Gasteiger partial charge in [-0.05, 0) is 38.7 Å². The number of carbonyl (C=O) groups excluding carboxylic acids is 1.